The Hall–Kier alpha value is -1.45. The highest BCUT2D eigenvalue weighted by molar-refractivity contribution is 5.42. The lowest BCUT2D eigenvalue weighted by atomic mass is 10.1. The van der Waals surface area contributed by atoms with Crippen molar-refractivity contribution >= 4 is 5.69 Å². The summed E-state index contributed by atoms with van der Waals surface area (Å²) in [5, 5.41) is 10.4. The topological polar surface area (TPSA) is 43.1 Å². The number of nitro groups is 1. The standard InChI is InChI=1S/C9H8FNO2/c10-8-3-6-1-2-9(11(12)13)5-7(6)4-8/h1-2,5,8H,3-4H2. The second kappa shape index (κ2) is 2.80. The van der Waals surface area contributed by atoms with Gasteiger partial charge in [0.05, 0.1) is 4.92 Å². The van der Waals surface area contributed by atoms with Crippen molar-refractivity contribution in [2.75, 3.05) is 0 Å². The molecule has 1 unspecified atom stereocenters. The van der Waals surface area contributed by atoms with Gasteiger partial charge in [-0.25, -0.2) is 4.39 Å². The van der Waals surface area contributed by atoms with Gasteiger partial charge in [0.1, 0.15) is 6.17 Å². The van der Waals surface area contributed by atoms with Crippen LogP contribution in [0, 0.1) is 10.1 Å². The van der Waals surface area contributed by atoms with E-state index in [1.54, 1.807) is 6.07 Å². The lowest BCUT2D eigenvalue weighted by Gasteiger charge is -1.96. The van der Waals surface area contributed by atoms with Crippen LogP contribution in [0.5, 0.6) is 0 Å². The summed E-state index contributed by atoms with van der Waals surface area (Å²) in [6.07, 6.45) is -0.151. The Labute approximate surface area is 74.3 Å². The van der Waals surface area contributed by atoms with E-state index in [-0.39, 0.29) is 5.69 Å². The average Bonchev–Trinajstić information content (AvgIpc) is 2.42. The molecule has 0 radical (unpaired) electrons. The zero-order valence-corrected chi connectivity index (χ0v) is 6.87. The Morgan fingerprint density at radius 1 is 1.38 bits per heavy atom. The van der Waals surface area contributed by atoms with Crippen LogP contribution < -0.4 is 0 Å². The number of hydrogen-bond acceptors (Lipinski definition) is 2. The lowest BCUT2D eigenvalue weighted by molar-refractivity contribution is -0.384. The molecule has 0 N–H and O–H groups in total. The van der Waals surface area contributed by atoms with E-state index in [9.17, 15) is 14.5 Å². The van der Waals surface area contributed by atoms with E-state index >= 15 is 0 Å². The summed E-state index contributed by atoms with van der Waals surface area (Å²) < 4.78 is 12.9. The quantitative estimate of drug-likeness (QED) is 0.491. The highest BCUT2D eigenvalue weighted by Crippen LogP contribution is 2.27. The van der Waals surface area contributed by atoms with Crippen molar-refractivity contribution in [1.29, 1.82) is 0 Å². The monoisotopic (exact) mass is 181 g/mol. The number of fused-ring (bicyclic) bond motifs is 1. The molecule has 0 bridgehead atoms. The molecule has 0 aromatic heterocycles. The van der Waals surface area contributed by atoms with Crippen LogP contribution in [-0.4, -0.2) is 11.1 Å². The highest BCUT2D eigenvalue weighted by atomic mass is 19.1. The largest absolute Gasteiger partial charge is 0.269 e. The first-order valence-corrected chi connectivity index (χ1v) is 4.07. The Balaban J connectivity index is 2.40. The minimum absolute atomic E-state index is 0.0489. The third-order valence-corrected chi connectivity index (χ3v) is 2.28. The van der Waals surface area contributed by atoms with Crippen LogP contribution in [0.1, 0.15) is 11.1 Å². The Kier molecular flexibility index (Phi) is 1.76. The van der Waals surface area contributed by atoms with Crippen molar-refractivity contribution in [3.05, 3.63) is 39.4 Å². The number of nitrogens with zero attached hydrogens (tertiary/aromatic N) is 1. The molecule has 1 aliphatic carbocycles. The molecule has 4 heteroatoms. The summed E-state index contributed by atoms with van der Waals surface area (Å²) in [5.41, 5.74) is 1.73. The molecular formula is C9H8FNO2. The van der Waals surface area contributed by atoms with Crippen molar-refractivity contribution in [3.63, 3.8) is 0 Å². The van der Waals surface area contributed by atoms with Gasteiger partial charge in [-0.15, -0.1) is 0 Å². The van der Waals surface area contributed by atoms with Crippen LogP contribution in [-0.2, 0) is 12.8 Å². The fourth-order valence-corrected chi connectivity index (χ4v) is 1.66. The van der Waals surface area contributed by atoms with Gasteiger partial charge in [-0.2, -0.15) is 0 Å². The summed E-state index contributed by atoms with van der Waals surface area (Å²) in [6.45, 7) is 0. The fraction of sp³-hybridized carbons (Fsp3) is 0.333. The molecule has 0 heterocycles. The number of halogens is 1. The molecule has 0 saturated carbocycles. The second-order valence-electron chi connectivity index (χ2n) is 3.22. The van der Waals surface area contributed by atoms with Crippen molar-refractivity contribution in [1.82, 2.24) is 0 Å². The molecule has 1 atom stereocenters. The number of non-ortho nitro benzene ring substituents is 1. The number of hydrogen-bond donors (Lipinski definition) is 0. The van der Waals surface area contributed by atoms with Crippen LogP contribution in [0.3, 0.4) is 0 Å². The minimum Gasteiger partial charge on any atom is -0.258 e. The van der Waals surface area contributed by atoms with Gasteiger partial charge < -0.3 is 0 Å². The normalized spacial score (nSPS) is 19.9. The molecule has 68 valence electrons. The van der Waals surface area contributed by atoms with E-state index in [1.165, 1.54) is 12.1 Å². The predicted octanol–water partition coefficient (Wildman–Crippen LogP) is 2.03. The van der Waals surface area contributed by atoms with E-state index < -0.39 is 11.1 Å². The molecule has 0 spiro atoms. The first-order chi connectivity index (χ1) is 6.16. The van der Waals surface area contributed by atoms with Gasteiger partial charge in [0.2, 0.25) is 0 Å². The van der Waals surface area contributed by atoms with Crippen LogP contribution in [0.15, 0.2) is 18.2 Å². The predicted molar refractivity (Wildman–Crippen MR) is 45.4 cm³/mol. The second-order valence-corrected chi connectivity index (χ2v) is 3.22. The first-order valence-electron chi connectivity index (χ1n) is 4.07. The van der Waals surface area contributed by atoms with E-state index in [4.69, 9.17) is 0 Å². The molecule has 3 nitrogen and oxygen atoms in total. The molecule has 1 aromatic rings. The van der Waals surface area contributed by atoms with Crippen LogP contribution in [0.25, 0.3) is 0 Å². The molecular weight excluding hydrogens is 173 g/mol. The lowest BCUT2D eigenvalue weighted by Crippen LogP contribution is -1.95. The third kappa shape index (κ3) is 1.39. The maximum atomic E-state index is 12.9. The maximum absolute atomic E-state index is 12.9. The molecule has 0 aliphatic heterocycles. The Bertz CT molecular complexity index is 365. The van der Waals surface area contributed by atoms with Gasteiger partial charge in [-0.05, 0) is 11.1 Å². The van der Waals surface area contributed by atoms with Crippen molar-refractivity contribution < 1.29 is 9.31 Å². The summed E-state index contributed by atoms with van der Waals surface area (Å²) in [4.78, 5) is 9.94. The van der Waals surface area contributed by atoms with Crippen molar-refractivity contribution in [2.24, 2.45) is 0 Å². The number of nitro benzene ring substituents is 1. The fourth-order valence-electron chi connectivity index (χ4n) is 1.66. The smallest absolute Gasteiger partial charge is 0.258 e. The maximum Gasteiger partial charge on any atom is 0.269 e. The zero-order valence-electron chi connectivity index (χ0n) is 6.87. The number of benzene rings is 1. The molecule has 0 amide bonds. The van der Waals surface area contributed by atoms with Crippen molar-refractivity contribution in [2.45, 2.75) is 19.0 Å². The van der Waals surface area contributed by atoms with Gasteiger partial charge in [-0.1, -0.05) is 6.07 Å². The summed E-state index contributed by atoms with van der Waals surface area (Å²) in [5.74, 6) is 0. The highest BCUT2D eigenvalue weighted by Gasteiger charge is 2.22. The van der Waals surface area contributed by atoms with Gasteiger partial charge >= 0.3 is 0 Å². The van der Waals surface area contributed by atoms with Gasteiger partial charge in [-0.3, -0.25) is 10.1 Å². The van der Waals surface area contributed by atoms with E-state index in [1.807, 2.05) is 0 Å². The van der Waals surface area contributed by atoms with E-state index in [2.05, 4.69) is 0 Å². The summed E-state index contributed by atoms with van der Waals surface area (Å²) in [7, 11) is 0. The molecule has 1 aromatic carbocycles. The van der Waals surface area contributed by atoms with Gasteiger partial charge in [0.25, 0.3) is 5.69 Å². The first kappa shape index (κ1) is 8.16. The minimum atomic E-state index is -0.864. The molecule has 13 heavy (non-hydrogen) atoms. The van der Waals surface area contributed by atoms with Crippen LogP contribution in [0.2, 0.25) is 0 Å². The van der Waals surface area contributed by atoms with Crippen LogP contribution >= 0.6 is 0 Å². The molecule has 2 rings (SSSR count). The van der Waals surface area contributed by atoms with E-state index in [0.29, 0.717) is 12.8 Å². The SMILES string of the molecule is O=[N+]([O-])c1ccc2c(c1)CC(F)C2. The van der Waals surface area contributed by atoms with Gasteiger partial charge in [0.15, 0.2) is 0 Å². The van der Waals surface area contributed by atoms with E-state index in [0.717, 1.165) is 11.1 Å². The molecule has 0 fully saturated rings. The zero-order chi connectivity index (χ0) is 9.42. The van der Waals surface area contributed by atoms with Crippen molar-refractivity contribution in [3.8, 4) is 0 Å². The van der Waals surface area contributed by atoms with Gasteiger partial charge in [0, 0.05) is 25.0 Å². The number of rotatable bonds is 1. The third-order valence-electron chi connectivity index (χ3n) is 2.28. The Morgan fingerprint density at radius 3 is 2.77 bits per heavy atom. The summed E-state index contributed by atoms with van der Waals surface area (Å²) in [6, 6.07) is 4.54. The summed E-state index contributed by atoms with van der Waals surface area (Å²) >= 11 is 0. The average molecular weight is 181 g/mol. The molecule has 0 saturated heterocycles. The Morgan fingerprint density at radius 2 is 2.08 bits per heavy atom. The van der Waals surface area contributed by atoms with Crippen LogP contribution in [0.4, 0.5) is 10.1 Å². The number of alkyl halides is 1. The molecule has 1 aliphatic rings.